The lowest BCUT2D eigenvalue weighted by atomic mass is 9.88. The summed E-state index contributed by atoms with van der Waals surface area (Å²) in [6.45, 7) is 11.3. The first-order valence-electron chi connectivity index (χ1n) is 34.7. The van der Waals surface area contributed by atoms with Gasteiger partial charge in [-0.05, 0) is 84.6 Å². The number of hydrogen-bond donors (Lipinski definition) is 9. The Balaban J connectivity index is 0.610. The standard InChI is InChI=1S/C71H98ClN15O18/c1-49-42-58(78-55-13-11-54(72)12-14-55)57-43-53(10-15-59(57)87(49)50(2)88)51-6-8-52(9-7-51)68(92)76-21-24-97-26-28-99-30-32-101-34-36-103-38-39-104-37-35-102-33-31-100-29-27-98-25-22-77-70(94)66-82-61(46-85(66)4)80-64(90)17-20-75-69(93)60-44-56(45-84(60)3)79-71(95)67-83-62(47-86(67)5)81-63(89)16-19-74-65(91)48-105-41-40-96-23-18-73/h6-15,43-47,49,58,78H,16-42,48,73H2,1-5H3,(H,74,91)(H,75,93)(H,76,92)(H,77,94)(H,79,95)(H,80,90)(H,81,89)/t49-,58+/m0/s1. The van der Waals surface area contributed by atoms with Crippen LogP contribution in [0, 0.1) is 0 Å². The molecule has 0 aliphatic carbocycles. The number of nitrogens with one attached hydrogen (secondary N) is 8. The highest BCUT2D eigenvalue weighted by atomic mass is 35.5. The van der Waals surface area contributed by atoms with Gasteiger partial charge in [-0.25, -0.2) is 9.97 Å². The molecule has 6 aromatic rings. The minimum atomic E-state index is -0.613. The lowest BCUT2D eigenvalue weighted by Gasteiger charge is -2.39. The van der Waals surface area contributed by atoms with Crippen LogP contribution in [-0.4, -0.2) is 242 Å². The van der Waals surface area contributed by atoms with Crippen LogP contribution in [-0.2, 0) is 87.7 Å². The van der Waals surface area contributed by atoms with Gasteiger partial charge in [0.2, 0.25) is 35.3 Å². The quantitative estimate of drug-likeness (QED) is 0.0245. The van der Waals surface area contributed by atoms with E-state index in [1.807, 2.05) is 53.4 Å². The van der Waals surface area contributed by atoms with Crippen molar-refractivity contribution in [2.45, 2.75) is 45.2 Å². The molecule has 34 heteroatoms. The Kier molecular flexibility index (Phi) is 36.3. The molecule has 1 aliphatic heterocycles. The van der Waals surface area contributed by atoms with Crippen molar-refractivity contribution < 1.29 is 85.7 Å². The maximum absolute atomic E-state index is 13.1. The lowest BCUT2D eigenvalue weighted by molar-refractivity contribution is -0.126. The number of fused-ring (bicyclic) bond motifs is 1. The second-order valence-corrected chi connectivity index (χ2v) is 24.3. The number of carbonyl (C=O) groups is 8. The Morgan fingerprint density at radius 1 is 0.476 bits per heavy atom. The zero-order valence-corrected chi connectivity index (χ0v) is 60.9. The lowest BCUT2D eigenvalue weighted by Crippen LogP contribution is -2.43. The summed E-state index contributed by atoms with van der Waals surface area (Å²) >= 11 is 6.13. The molecule has 2 atom stereocenters. The summed E-state index contributed by atoms with van der Waals surface area (Å²) in [4.78, 5) is 112. The third kappa shape index (κ3) is 29.3. The van der Waals surface area contributed by atoms with Gasteiger partial charge in [0.25, 0.3) is 23.6 Å². The van der Waals surface area contributed by atoms with Crippen LogP contribution in [0.2, 0.25) is 5.02 Å². The average Bonchev–Trinajstić information content (AvgIpc) is 1.46. The molecule has 0 spiro atoms. The van der Waals surface area contributed by atoms with Gasteiger partial charge in [0.15, 0.2) is 11.6 Å². The first-order valence-corrected chi connectivity index (χ1v) is 35.0. The van der Waals surface area contributed by atoms with Crippen LogP contribution in [0.15, 0.2) is 91.4 Å². The van der Waals surface area contributed by atoms with Crippen LogP contribution < -0.4 is 53.2 Å². The van der Waals surface area contributed by atoms with Gasteiger partial charge in [-0.2, -0.15) is 0 Å². The monoisotopic (exact) mass is 1480 g/mol. The van der Waals surface area contributed by atoms with Crippen LogP contribution in [0.5, 0.6) is 0 Å². The Hall–Kier alpha value is -9.23. The van der Waals surface area contributed by atoms with Crippen LogP contribution in [0.25, 0.3) is 11.1 Å². The van der Waals surface area contributed by atoms with Crippen molar-refractivity contribution in [3.05, 3.63) is 125 Å². The third-order valence-corrected chi connectivity index (χ3v) is 16.0. The molecule has 3 aromatic heterocycles. The predicted octanol–water partition coefficient (Wildman–Crippen LogP) is 3.85. The number of ether oxygens (including phenoxy) is 10. The number of imidazole rings is 2. The molecule has 0 saturated heterocycles. The molecule has 0 unspecified atom stereocenters. The summed E-state index contributed by atoms with van der Waals surface area (Å²) in [5.74, 6) is -2.80. The largest absolute Gasteiger partial charge is 0.378 e. The van der Waals surface area contributed by atoms with Crippen LogP contribution in [0.4, 0.5) is 28.7 Å². The summed E-state index contributed by atoms with van der Waals surface area (Å²) < 4.78 is 59.3. The zero-order valence-electron chi connectivity index (χ0n) is 60.1. The van der Waals surface area contributed by atoms with Crippen molar-refractivity contribution in [1.82, 2.24) is 44.9 Å². The number of halogens is 1. The molecule has 0 saturated carbocycles. The Bertz CT molecular complexity index is 3720. The highest BCUT2D eigenvalue weighted by Gasteiger charge is 2.33. The predicted molar refractivity (Wildman–Crippen MR) is 390 cm³/mol. The summed E-state index contributed by atoms with van der Waals surface area (Å²) in [6, 6.07) is 22.6. The normalized spacial score (nSPS) is 13.2. The molecule has 0 fully saturated rings. The Labute approximate surface area is 614 Å². The second-order valence-electron chi connectivity index (χ2n) is 23.9. The first kappa shape index (κ1) is 83.0. The molecule has 0 radical (unpaired) electrons. The van der Waals surface area contributed by atoms with Gasteiger partial charge < -0.3 is 114 Å². The minimum Gasteiger partial charge on any atom is -0.378 e. The highest BCUT2D eigenvalue weighted by Crippen LogP contribution is 2.41. The van der Waals surface area contributed by atoms with Crippen molar-refractivity contribution in [3.63, 3.8) is 0 Å². The SMILES string of the molecule is CC(=O)N1c2ccc(-c3ccc(C(=O)NCCOCCOCCOCCOCCOCCOCCOCCOCCNC(=O)c4nc(NC(=O)CCNC(=O)c5cc(NC(=O)c6nc(NC(=O)CCNC(=O)COCCOCCN)cn6C)cn5C)cn4C)cc3)cc2[C@H](Nc2ccc(Cl)cc2)C[C@@H]1C. The van der Waals surface area contributed by atoms with Gasteiger partial charge in [0, 0.05) is 120 Å². The molecule has 4 heterocycles. The molecule has 0 bridgehead atoms. The fourth-order valence-electron chi connectivity index (χ4n) is 10.7. The molecule has 8 amide bonds. The van der Waals surface area contributed by atoms with Gasteiger partial charge >= 0.3 is 0 Å². The number of aromatic nitrogens is 5. The fraction of sp³-hybridized carbons (Fsp3) is 0.493. The van der Waals surface area contributed by atoms with E-state index in [-0.39, 0.29) is 111 Å². The maximum Gasteiger partial charge on any atom is 0.291 e. The second kappa shape index (κ2) is 45.9. The van der Waals surface area contributed by atoms with E-state index in [0.29, 0.717) is 136 Å². The molecular formula is C71H98ClN15O18. The number of nitrogens with two attached hydrogens (primary N) is 1. The van der Waals surface area contributed by atoms with Gasteiger partial charge in [-0.3, -0.25) is 38.4 Å². The van der Waals surface area contributed by atoms with Crippen LogP contribution in [0.1, 0.15) is 86.8 Å². The molecule has 33 nitrogen and oxygen atoms in total. The smallest absolute Gasteiger partial charge is 0.291 e. The summed E-state index contributed by atoms with van der Waals surface area (Å²) in [7, 11) is 4.79. The van der Waals surface area contributed by atoms with Crippen LogP contribution in [0.3, 0.4) is 0 Å². The van der Waals surface area contributed by atoms with Crippen molar-refractivity contribution >= 4 is 87.6 Å². The fourth-order valence-corrected chi connectivity index (χ4v) is 10.8. The molecule has 572 valence electrons. The Morgan fingerprint density at radius 3 is 1.47 bits per heavy atom. The van der Waals surface area contributed by atoms with E-state index >= 15 is 0 Å². The van der Waals surface area contributed by atoms with E-state index in [4.69, 9.17) is 64.7 Å². The van der Waals surface area contributed by atoms with Gasteiger partial charge in [0.05, 0.1) is 137 Å². The molecule has 1 aliphatic rings. The number of nitrogens with zero attached hydrogens (tertiary/aromatic N) is 6. The highest BCUT2D eigenvalue weighted by molar-refractivity contribution is 6.30. The summed E-state index contributed by atoms with van der Waals surface area (Å²) in [5, 5.41) is 23.1. The number of benzene rings is 3. The minimum absolute atomic E-state index is 0.00465. The number of carbonyl (C=O) groups excluding carboxylic acids is 8. The van der Waals surface area contributed by atoms with Crippen molar-refractivity contribution in [2.75, 3.05) is 191 Å². The average molecular weight is 1490 g/mol. The zero-order chi connectivity index (χ0) is 75.1. The molecular weight excluding hydrogens is 1390 g/mol. The molecule has 7 rings (SSSR count). The van der Waals surface area contributed by atoms with Crippen molar-refractivity contribution in [3.8, 4) is 11.1 Å². The van der Waals surface area contributed by atoms with Crippen molar-refractivity contribution in [1.29, 1.82) is 0 Å². The number of amides is 8. The van der Waals surface area contributed by atoms with E-state index in [1.54, 1.807) is 40.2 Å². The number of rotatable bonds is 50. The summed E-state index contributed by atoms with van der Waals surface area (Å²) in [5.41, 5.74) is 11.1. The maximum atomic E-state index is 13.1. The number of aryl methyl sites for hydroxylation is 3. The molecule has 10 N–H and O–H groups in total. The molecule has 3 aromatic carbocycles. The number of hydrogen-bond acceptors (Lipinski definition) is 22. The van der Waals surface area contributed by atoms with Gasteiger partial charge in [-0.1, -0.05) is 29.8 Å². The summed E-state index contributed by atoms with van der Waals surface area (Å²) in [6.07, 6.45) is 5.03. The van der Waals surface area contributed by atoms with Crippen LogP contribution >= 0.6 is 11.6 Å². The van der Waals surface area contributed by atoms with E-state index in [0.717, 1.165) is 34.5 Å². The van der Waals surface area contributed by atoms with Crippen molar-refractivity contribution in [2.24, 2.45) is 26.9 Å². The third-order valence-electron chi connectivity index (χ3n) is 15.7. The molecule has 105 heavy (non-hydrogen) atoms. The van der Waals surface area contributed by atoms with E-state index in [9.17, 15) is 38.4 Å². The topological polar surface area (TPSA) is 395 Å². The Morgan fingerprint density at radius 2 is 0.943 bits per heavy atom. The van der Waals surface area contributed by atoms with Gasteiger partial charge in [0.1, 0.15) is 12.3 Å². The first-order chi connectivity index (χ1) is 50.9. The van der Waals surface area contributed by atoms with Gasteiger partial charge in [-0.15, -0.1) is 0 Å². The van der Waals surface area contributed by atoms with E-state index < -0.39 is 35.4 Å². The number of anilines is 5. The van der Waals surface area contributed by atoms with E-state index in [1.165, 1.54) is 38.4 Å². The van der Waals surface area contributed by atoms with E-state index in [2.05, 4.69) is 65.5 Å².